The highest BCUT2D eigenvalue weighted by Gasteiger charge is 2.25. The third-order valence-electron chi connectivity index (χ3n) is 3.14. The van der Waals surface area contributed by atoms with Gasteiger partial charge in [0.1, 0.15) is 5.82 Å². The molecule has 4 nitrogen and oxygen atoms in total. The van der Waals surface area contributed by atoms with Gasteiger partial charge in [0.05, 0.1) is 17.8 Å². The molecule has 3 rings (SSSR count). The minimum Gasteiger partial charge on any atom is -0.375 e. The average Bonchev–Trinajstić information content (AvgIpc) is 2.77. The van der Waals surface area contributed by atoms with E-state index in [0.29, 0.717) is 24.6 Å². The number of carbonyl (C=O) groups excluding carboxylic acids is 1. The molecule has 2 N–H and O–H groups in total. The molecule has 0 saturated carbocycles. The Kier molecular flexibility index (Phi) is 2.94. The fraction of sp³-hybridized carbons (Fsp3) is 0.231. The molecule has 6 heteroatoms. The standard InChI is InChI=1S/C13H12FN3OS/c14-9-4-2-1-3-8(9)12(18)17-6-5-10-11(7-17)19-13(15)16-10/h1-4H,5-7H2,(H2,15,16). The van der Waals surface area contributed by atoms with Crippen molar-refractivity contribution in [2.45, 2.75) is 13.0 Å². The van der Waals surface area contributed by atoms with Crippen molar-refractivity contribution in [1.82, 2.24) is 9.88 Å². The summed E-state index contributed by atoms with van der Waals surface area (Å²) in [6, 6.07) is 6.04. The SMILES string of the molecule is Nc1nc2c(s1)CN(C(=O)c1ccccc1F)CC2. The average molecular weight is 277 g/mol. The third-order valence-corrected chi connectivity index (χ3v) is 4.05. The summed E-state index contributed by atoms with van der Waals surface area (Å²) in [7, 11) is 0. The van der Waals surface area contributed by atoms with Crippen molar-refractivity contribution in [3.05, 3.63) is 46.2 Å². The number of thiazole rings is 1. The lowest BCUT2D eigenvalue weighted by Crippen LogP contribution is -2.35. The van der Waals surface area contributed by atoms with Gasteiger partial charge < -0.3 is 10.6 Å². The van der Waals surface area contributed by atoms with E-state index in [-0.39, 0.29) is 11.5 Å². The van der Waals surface area contributed by atoms with E-state index >= 15 is 0 Å². The summed E-state index contributed by atoms with van der Waals surface area (Å²) in [6.07, 6.45) is 0.670. The van der Waals surface area contributed by atoms with Crippen LogP contribution in [-0.2, 0) is 13.0 Å². The zero-order valence-corrected chi connectivity index (χ0v) is 10.9. The second-order valence-corrected chi connectivity index (χ2v) is 5.49. The van der Waals surface area contributed by atoms with Gasteiger partial charge in [-0.3, -0.25) is 4.79 Å². The van der Waals surface area contributed by atoms with E-state index in [2.05, 4.69) is 4.98 Å². The zero-order chi connectivity index (χ0) is 13.4. The van der Waals surface area contributed by atoms with Crippen LogP contribution < -0.4 is 5.73 Å². The van der Waals surface area contributed by atoms with E-state index in [9.17, 15) is 9.18 Å². The number of carbonyl (C=O) groups is 1. The fourth-order valence-electron chi connectivity index (χ4n) is 2.19. The minimum absolute atomic E-state index is 0.114. The molecule has 0 radical (unpaired) electrons. The fourth-order valence-corrected chi connectivity index (χ4v) is 3.09. The van der Waals surface area contributed by atoms with Crippen LogP contribution in [0.5, 0.6) is 0 Å². The molecule has 0 saturated heterocycles. The Bertz CT molecular complexity index is 641. The number of fused-ring (bicyclic) bond motifs is 1. The van der Waals surface area contributed by atoms with Crippen LogP contribution in [-0.4, -0.2) is 22.3 Å². The molecule has 19 heavy (non-hydrogen) atoms. The Morgan fingerprint density at radius 2 is 2.21 bits per heavy atom. The second-order valence-electron chi connectivity index (χ2n) is 4.38. The number of aromatic nitrogens is 1. The smallest absolute Gasteiger partial charge is 0.257 e. The van der Waals surface area contributed by atoms with Crippen molar-refractivity contribution < 1.29 is 9.18 Å². The molecule has 1 aliphatic rings. The van der Waals surface area contributed by atoms with Gasteiger partial charge in [-0.1, -0.05) is 12.1 Å². The van der Waals surface area contributed by atoms with E-state index in [1.807, 2.05) is 0 Å². The molecule has 1 aromatic heterocycles. The first-order valence-electron chi connectivity index (χ1n) is 5.93. The van der Waals surface area contributed by atoms with Gasteiger partial charge in [0.2, 0.25) is 0 Å². The molecule has 0 unspecified atom stereocenters. The number of amides is 1. The number of halogens is 1. The lowest BCUT2D eigenvalue weighted by atomic mass is 10.1. The first kappa shape index (κ1) is 12.1. The molecule has 0 bridgehead atoms. The van der Waals surface area contributed by atoms with Crippen LogP contribution in [0.3, 0.4) is 0 Å². The number of benzene rings is 1. The summed E-state index contributed by atoms with van der Waals surface area (Å²) in [5.74, 6) is -0.766. The Labute approximate surface area is 113 Å². The molecule has 0 aliphatic carbocycles. The van der Waals surface area contributed by atoms with Crippen molar-refractivity contribution in [2.75, 3.05) is 12.3 Å². The number of rotatable bonds is 1. The van der Waals surface area contributed by atoms with E-state index in [1.54, 1.807) is 17.0 Å². The molecular formula is C13H12FN3OS. The van der Waals surface area contributed by atoms with Crippen LogP contribution in [0.15, 0.2) is 24.3 Å². The van der Waals surface area contributed by atoms with Crippen LogP contribution in [0.25, 0.3) is 0 Å². The van der Waals surface area contributed by atoms with Crippen LogP contribution in [0.1, 0.15) is 20.9 Å². The number of nitrogens with zero attached hydrogens (tertiary/aromatic N) is 2. The van der Waals surface area contributed by atoms with E-state index in [0.717, 1.165) is 10.6 Å². The summed E-state index contributed by atoms with van der Waals surface area (Å²) >= 11 is 1.39. The van der Waals surface area contributed by atoms with Crippen LogP contribution in [0.2, 0.25) is 0 Å². The van der Waals surface area contributed by atoms with Crippen LogP contribution in [0.4, 0.5) is 9.52 Å². The number of hydrogen-bond acceptors (Lipinski definition) is 4. The van der Waals surface area contributed by atoms with Gasteiger partial charge in [-0.25, -0.2) is 9.37 Å². The maximum atomic E-state index is 13.6. The summed E-state index contributed by atoms with van der Waals surface area (Å²) < 4.78 is 13.6. The highest BCUT2D eigenvalue weighted by atomic mass is 32.1. The van der Waals surface area contributed by atoms with Crippen molar-refractivity contribution >= 4 is 22.4 Å². The van der Waals surface area contributed by atoms with Gasteiger partial charge in [0.15, 0.2) is 5.13 Å². The monoisotopic (exact) mass is 277 g/mol. The highest BCUT2D eigenvalue weighted by molar-refractivity contribution is 7.15. The summed E-state index contributed by atoms with van der Waals surface area (Å²) in [5.41, 5.74) is 6.73. The van der Waals surface area contributed by atoms with Gasteiger partial charge in [0, 0.05) is 17.8 Å². The minimum atomic E-state index is -0.484. The van der Waals surface area contributed by atoms with Crippen molar-refractivity contribution in [1.29, 1.82) is 0 Å². The maximum Gasteiger partial charge on any atom is 0.257 e. The normalized spacial score (nSPS) is 14.3. The Hall–Kier alpha value is -1.95. The summed E-state index contributed by atoms with van der Waals surface area (Å²) in [5, 5.41) is 0.519. The number of nitrogens with two attached hydrogens (primary N) is 1. The van der Waals surface area contributed by atoms with Crippen molar-refractivity contribution in [3.8, 4) is 0 Å². The highest BCUT2D eigenvalue weighted by Crippen LogP contribution is 2.27. The zero-order valence-electron chi connectivity index (χ0n) is 10.1. The van der Waals surface area contributed by atoms with Gasteiger partial charge in [-0.05, 0) is 12.1 Å². The summed E-state index contributed by atoms with van der Waals surface area (Å²) in [6.45, 7) is 1.00. The Morgan fingerprint density at radius 1 is 1.42 bits per heavy atom. The quantitative estimate of drug-likeness (QED) is 0.868. The van der Waals surface area contributed by atoms with Gasteiger partial charge in [0.25, 0.3) is 5.91 Å². The largest absolute Gasteiger partial charge is 0.375 e. The topological polar surface area (TPSA) is 59.2 Å². The predicted molar refractivity (Wildman–Crippen MR) is 71.4 cm³/mol. The number of anilines is 1. The first-order chi connectivity index (χ1) is 9.15. The van der Waals surface area contributed by atoms with Crippen molar-refractivity contribution in [3.63, 3.8) is 0 Å². The molecule has 0 spiro atoms. The van der Waals surface area contributed by atoms with Crippen LogP contribution in [0, 0.1) is 5.82 Å². The molecule has 0 atom stereocenters. The van der Waals surface area contributed by atoms with Crippen molar-refractivity contribution in [2.24, 2.45) is 0 Å². The van der Waals surface area contributed by atoms with Crippen LogP contribution >= 0.6 is 11.3 Å². The molecule has 98 valence electrons. The second kappa shape index (κ2) is 4.62. The Balaban J connectivity index is 1.85. The number of hydrogen-bond donors (Lipinski definition) is 1. The third kappa shape index (κ3) is 2.19. The molecule has 1 aromatic carbocycles. The van der Waals surface area contributed by atoms with E-state index in [4.69, 9.17) is 5.73 Å². The summed E-state index contributed by atoms with van der Waals surface area (Å²) in [4.78, 5) is 19.1. The molecule has 2 heterocycles. The van der Waals surface area contributed by atoms with Gasteiger partial charge in [-0.15, -0.1) is 11.3 Å². The molecule has 1 amide bonds. The van der Waals surface area contributed by atoms with Gasteiger partial charge in [-0.2, -0.15) is 0 Å². The molecular weight excluding hydrogens is 265 g/mol. The first-order valence-corrected chi connectivity index (χ1v) is 6.74. The molecule has 0 fully saturated rings. The molecule has 2 aromatic rings. The lowest BCUT2D eigenvalue weighted by Gasteiger charge is -2.26. The lowest BCUT2D eigenvalue weighted by molar-refractivity contribution is 0.0731. The van der Waals surface area contributed by atoms with E-state index in [1.165, 1.54) is 23.5 Å². The number of nitrogen functional groups attached to an aromatic ring is 1. The van der Waals surface area contributed by atoms with Gasteiger partial charge >= 0.3 is 0 Å². The van der Waals surface area contributed by atoms with E-state index < -0.39 is 5.82 Å². The Morgan fingerprint density at radius 3 is 3.00 bits per heavy atom. The maximum absolute atomic E-state index is 13.6. The predicted octanol–water partition coefficient (Wildman–Crippen LogP) is 2.06. The molecule has 1 aliphatic heterocycles.